The number of rotatable bonds is 12. The number of benzene rings is 1. The van der Waals surface area contributed by atoms with Crippen molar-refractivity contribution >= 4 is 46.4 Å². The van der Waals surface area contributed by atoms with Crippen molar-refractivity contribution in [2.75, 3.05) is 18.6 Å². The summed E-state index contributed by atoms with van der Waals surface area (Å²) < 4.78 is 0. The van der Waals surface area contributed by atoms with Crippen LogP contribution >= 0.6 is 11.8 Å². The van der Waals surface area contributed by atoms with Crippen LogP contribution in [-0.2, 0) is 25.6 Å². The SMILES string of the molecule is CSCCC(NC(=O)C(C)N)C(=O)NCC(=O)NC(Cc1c[nH]c2ccccc12)C(=O)O. The molecule has 0 fully saturated rings. The number of aliphatic carboxylic acids is 1. The predicted molar refractivity (Wildman–Crippen MR) is 123 cm³/mol. The number of fused-ring (bicyclic) bond motifs is 1. The number of carboxylic acid groups (broad SMARTS) is 1. The van der Waals surface area contributed by atoms with Crippen LogP contribution in [0, 0.1) is 0 Å². The molecule has 3 unspecified atom stereocenters. The number of thioether (sulfide) groups is 1. The zero-order valence-corrected chi connectivity index (χ0v) is 18.8. The van der Waals surface area contributed by atoms with E-state index in [-0.39, 0.29) is 6.42 Å². The molecule has 0 saturated heterocycles. The summed E-state index contributed by atoms with van der Waals surface area (Å²) in [6.07, 6.45) is 4.03. The van der Waals surface area contributed by atoms with E-state index in [1.807, 2.05) is 30.5 Å². The molecule has 0 radical (unpaired) electrons. The van der Waals surface area contributed by atoms with Gasteiger partial charge in [-0.05, 0) is 37.0 Å². The summed E-state index contributed by atoms with van der Waals surface area (Å²) in [5, 5.41) is 17.9. The number of aromatic nitrogens is 1. The van der Waals surface area contributed by atoms with Crippen molar-refractivity contribution in [1.82, 2.24) is 20.9 Å². The third-order valence-electron chi connectivity index (χ3n) is 4.81. The van der Waals surface area contributed by atoms with E-state index in [1.54, 1.807) is 6.20 Å². The third kappa shape index (κ3) is 7.27. The van der Waals surface area contributed by atoms with Gasteiger partial charge >= 0.3 is 5.97 Å². The monoisotopic (exact) mass is 463 g/mol. The fourth-order valence-corrected chi connectivity index (χ4v) is 3.54. The molecule has 1 aromatic heterocycles. The van der Waals surface area contributed by atoms with E-state index >= 15 is 0 Å². The molecule has 0 saturated carbocycles. The summed E-state index contributed by atoms with van der Waals surface area (Å²) >= 11 is 1.51. The number of hydrogen-bond donors (Lipinski definition) is 6. The molecule has 0 aliphatic carbocycles. The number of aromatic amines is 1. The maximum atomic E-state index is 12.5. The molecule has 0 bridgehead atoms. The van der Waals surface area contributed by atoms with Crippen molar-refractivity contribution in [3.05, 3.63) is 36.0 Å². The van der Waals surface area contributed by atoms with Crippen molar-refractivity contribution in [3.8, 4) is 0 Å². The molecule has 1 aromatic carbocycles. The largest absolute Gasteiger partial charge is 0.480 e. The number of para-hydroxylation sites is 1. The second kappa shape index (κ2) is 12.1. The summed E-state index contributed by atoms with van der Waals surface area (Å²) in [5.74, 6) is -2.22. The molecule has 174 valence electrons. The minimum atomic E-state index is -1.18. The van der Waals surface area contributed by atoms with Gasteiger partial charge < -0.3 is 31.8 Å². The topological polar surface area (TPSA) is 166 Å². The predicted octanol–water partition coefficient (Wildman–Crippen LogP) is -0.0189. The van der Waals surface area contributed by atoms with Gasteiger partial charge in [-0.3, -0.25) is 14.4 Å². The maximum Gasteiger partial charge on any atom is 0.326 e. The third-order valence-corrected chi connectivity index (χ3v) is 5.46. The van der Waals surface area contributed by atoms with E-state index in [9.17, 15) is 24.3 Å². The van der Waals surface area contributed by atoms with Crippen molar-refractivity contribution in [3.63, 3.8) is 0 Å². The van der Waals surface area contributed by atoms with E-state index in [0.29, 0.717) is 12.2 Å². The Balaban J connectivity index is 1.94. The van der Waals surface area contributed by atoms with Gasteiger partial charge in [-0.25, -0.2) is 4.79 Å². The molecular formula is C21H29N5O5S. The number of carboxylic acids is 1. The average molecular weight is 464 g/mol. The fourth-order valence-electron chi connectivity index (χ4n) is 3.06. The number of carbonyl (C=O) groups is 4. The van der Waals surface area contributed by atoms with E-state index in [0.717, 1.165) is 16.5 Å². The van der Waals surface area contributed by atoms with Crippen LogP contribution < -0.4 is 21.7 Å². The van der Waals surface area contributed by atoms with Crippen LogP contribution in [0.4, 0.5) is 0 Å². The standard InChI is InChI=1S/C21H29N5O5S/c1-12(22)19(28)26-16(7-8-32-2)20(29)24-11-18(27)25-17(21(30)31)9-13-10-23-15-6-4-3-5-14(13)15/h3-6,10,12,16-17,23H,7-9,11,22H2,1-2H3,(H,24,29)(H,25,27)(H,26,28)(H,30,31). The molecule has 11 heteroatoms. The van der Waals surface area contributed by atoms with Gasteiger partial charge in [0.25, 0.3) is 0 Å². The summed E-state index contributed by atoms with van der Waals surface area (Å²) in [7, 11) is 0. The smallest absolute Gasteiger partial charge is 0.326 e. The van der Waals surface area contributed by atoms with Crippen LogP contribution in [0.2, 0.25) is 0 Å². The molecular weight excluding hydrogens is 434 g/mol. The van der Waals surface area contributed by atoms with Crippen molar-refractivity contribution in [1.29, 1.82) is 0 Å². The first-order chi connectivity index (χ1) is 15.2. The van der Waals surface area contributed by atoms with Gasteiger partial charge in [-0.2, -0.15) is 11.8 Å². The van der Waals surface area contributed by atoms with Gasteiger partial charge in [0.05, 0.1) is 12.6 Å². The first-order valence-corrected chi connectivity index (χ1v) is 11.5. The van der Waals surface area contributed by atoms with E-state index in [1.165, 1.54) is 18.7 Å². The zero-order chi connectivity index (χ0) is 23.7. The molecule has 2 aromatic rings. The first-order valence-electron chi connectivity index (χ1n) is 10.1. The molecule has 0 spiro atoms. The van der Waals surface area contributed by atoms with Gasteiger partial charge in [0, 0.05) is 23.5 Å². The second-order valence-corrected chi connectivity index (χ2v) is 8.36. The summed E-state index contributed by atoms with van der Waals surface area (Å²) in [5.41, 5.74) is 7.17. The fraction of sp³-hybridized carbons (Fsp3) is 0.429. The van der Waals surface area contributed by atoms with Crippen LogP contribution in [-0.4, -0.2) is 70.5 Å². The Bertz CT molecular complexity index is 961. The van der Waals surface area contributed by atoms with E-state index in [2.05, 4.69) is 20.9 Å². The van der Waals surface area contributed by atoms with Crippen LogP contribution in [0.5, 0.6) is 0 Å². The van der Waals surface area contributed by atoms with E-state index < -0.39 is 48.4 Å². The highest BCUT2D eigenvalue weighted by atomic mass is 32.2. The van der Waals surface area contributed by atoms with Crippen LogP contribution in [0.3, 0.4) is 0 Å². The number of H-pyrrole nitrogens is 1. The normalized spacial score (nSPS) is 13.7. The molecule has 7 N–H and O–H groups in total. The van der Waals surface area contributed by atoms with E-state index in [4.69, 9.17) is 5.73 Å². The van der Waals surface area contributed by atoms with Crippen LogP contribution in [0.15, 0.2) is 30.5 Å². The lowest BCUT2D eigenvalue weighted by Gasteiger charge is -2.20. The quantitative estimate of drug-likeness (QED) is 0.257. The number of nitrogens with two attached hydrogens (primary N) is 1. The van der Waals surface area contributed by atoms with Crippen LogP contribution in [0.1, 0.15) is 18.9 Å². The summed E-state index contributed by atoms with van der Waals surface area (Å²) in [6, 6.07) is 4.68. The maximum absolute atomic E-state index is 12.5. The molecule has 2 rings (SSSR count). The highest BCUT2D eigenvalue weighted by molar-refractivity contribution is 7.98. The van der Waals surface area contributed by atoms with Gasteiger partial charge in [-0.1, -0.05) is 18.2 Å². The van der Waals surface area contributed by atoms with Crippen LogP contribution in [0.25, 0.3) is 10.9 Å². The molecule has 10 nitrogen and oxygen atoms in total. The molecule has 3 amide bonds. The van der Waals surface area contributed by atoms with Crippen molar-refractivity contribution in [2.45, 2.75) is 37.9 Å². The Morgan fingerprint density at radius 2 is 1.84 bits per heavy atom. The summed E-state index contributed by atoms with van der Waals surface area (Å²) in [6.45, 7) is 1.09. The lowest BCUT2D eigenvalue weighted by atomic mass is 10.0. The zero-order valence-electron chi connectivity index (χ0n) is 18.0. The molecule has 32 heavy (non-hydrogen) atoms. The Kier molecular flexibility index (Phi) is 9.54. The number of nitrogens with one attached hydrogen (secondary N) is 4. The van der Waals surface area contributed by atoms with Crippen molar-refractivity contribution < 1.29 is 24.3 Å². The van der Waals surface area contributed by atoms with Gasteiger partial charge in [0.2, 0.25) is 17.7 Å². The number of hydrogen-bond acceptors (Lipinski definition) is 6. The number of carbonyl (C=O) groups excluding carboxylic acids is 3. The minimum Gasteiger partial charge on any atom is -0.480 e. The van der Waals surface area contributed by atoms with Gasteiger partial charge in [-0.15, -0.1) is 0 Å². The molecule has 0 aliphatic heterocycles. The first kappa shape index (κ1) is 25.2. The molecule has 1 heterocycles. The highest BCUT2D eigenvalue weighted by Crippen LogP contribution is 2.19. The lowest BCUT2D eigenvalue weighted by Crippen LogP contribution is -2.53. The Hall–Kier alpha value is -3.05. The Morgan fingerprint density at radius 3 is 2.50 bits per heavy atom. The van der Waals surface area contributed by atoms with Crippen molar-refractivity contribution in [2.24, 2.45) is 5.73 Å². The lowest BCUT2D eigenvalue weighted by molar-refractivity contribution is -0.141. The second-order valence-electron chi connectivity index (χ2n) is 7.37. The van der Waals surface area contributed by atoms with Gasteiger partial charge in [0.1, 0.15) is 12.1 Å². The Morgan fingerprint density at radius 1 is 1.12 bits per heavy atom. The Labute approximate surface area is 190 Å². The van der Waals surface area contributed by atoms with Gasteiger partial charge in [0.15, 0.2) is 0 Å². The highest BCUT2D eigenvalue weighted by Gasteiger charge is 2.24. The number of amides is 3. The minimum absolute atomic E-state index is 0.0832. The summed E-state index contributed by atoms with van der Waals surface area (Å²) in [4.78, 5) is 51.4. The molecule has 3 atom stereocenters. The molecule has 0 aliphatic rings. The average Bonchev–Trinajstić information content (AvgIpc) is 3.17.